The number of aromatic amines is 1. The van der Waals surface area contributed by atoms with Crippen molar-refractivity contribution in [3.8, 4) is 11.4 Å². The molecule has 4 rings (SSSR count). The number of ether oxygens (including phenoxy) is 1. The van der Waals surface area contributed by atoms with Gasteiger partial charge in [0.1, 0.15) is 17.1 Å². The minimum Gasteiger partial charge on any atom is -0.496 e. The molecule has 3 aromatic rings. The monoisotopic (exact) mass is 490 g/mol. The van der Waals surface area contributed by atoms with Gasteiger partial charge in [-0.1, -0.05) is 24.3 Å². The summed E-state index contributed by atoms with van der Waals surface area (Å²) >= 11 is 5.18. The first kappa shape index (κ1) is 23.2. The fraction of sp³-hybridized carbons (Fsp3) is 0.182. The van der Waals surface area contributed by atoms with E-state index < -0.39 is 40.5 Å². The molecule has 1 atom stereocenters. The molecule has 12 heteroatoms. The maximum absolute atomic E-state index is 14.6. The van der Waals surface area contributed by atoms with Crippen molar-refractivity contribution in [3.63, 3.8) is 0 Å². The SMILES string of the molecule is COc1ccccc1C(=O)N[C@@]1(C(F)(F)F)C(=O)Nc2c1c(=O)[nH]c(=S)n2-c1cccc(C)c1. The van der Waals surface area contributed by atoms with Crippen LogP contribution in [0, 0.1) is 11.7 Å². The average molecular weight is 490 g/mol. The topological polar surface area (TPSA) is 105 Å². The Morgan fingerprint density at radius 2 is 1.85 bits per heavy atom. The number of aromatic nitrogens is 2. The molecule has 1 aliphatic heterocycles. The molecule has 34 heavy (non-hydrogen) atoms. The second-order valence-corrected chi connectivity index (χ2v) is 7.90. The van der Waals surface area contributed by atoms with Crippen LogP contribution in [-0.2, 0) is 10.3 Å². The molecule has 0 saturated carbocycles. The van der Waals surface area contributed by atoms with E-state index in [0.717, 1.165) is 10.1 Å². The zero-order valence-electron chi connectivity index (χ0n) is 17.7. The van der Waals surface area contributed by atoms with Crippen molar-refractivity contribution in [3.05, 3.63) is 80.3 Å². The minimum atomic E-state index is -5.39. The number of aryl methyl sites for hydroxylation is 1. The van der Waals surface area contributed by atoms with Crippen molar-refractivity contribution < 1.29 is 27.5 Å². The third-order valence-corrected chi connectivity index (χ3v) is 5.68. The molecule has 1 aromatic heterocycles. The highest BCUT2D eigenvalue weighted by Crippen LogP contribution is 2.46. The van der Waals surface area contributed by atoms with Gasteiger partial charge in [-0.05, 0) is 49.0 Å². The number of para-hydroxylation sites is 1. The van der Waals surface area contributed by atoms with Gasteiger partial charge in [-0.25, -0.2) is 0 Å². The van der Waals surface area contributed by atoms with Gasteiger partial charge in [0.25, 0.3) is 22.9 Å². The third kappa shape index (κ3) is 3.46. The van der Waals surface area contributed by atoms with Crippen molar-refractivity contribution in [1.29, 1.82) is 0 Å². The number of carbonyl (C=O) groups excluding carboxylic acids is 2. The van der Waals surface area contributed by atoms with Gasteiger partial charge in [0, 0.05) is 0 Å². The predicted octanol–water partition coefficient (Wildman–Crippen LogP) is 3.35. The van der Waals surface area contributed by atoms with E-state index in [-0.39, 0.29) is 16.1 Å². The van der Waals surface area contributed by atoms with E-state index >= 15 is 0 Å². The predicted molar refractivity (Wildman–Crippen MR) is 119 cm³/mol. The molecule has 8 nitrogen and oxygen atoms in total. The summed E-state index contributed by atoms with van der Waals surface area (Å²) in [6.45, 7) is 1.76. The second kappa shape index (κ2) is 8.13. The Bertz CT molecular complexity index is 1450. The molecule has 0 aliphatic carbocycles. The number of halogens is 3. The number of hydrogen-bond acceptors (Lipinski definition) is 5. The van der Waals surface area contributed by atoms with Crippen molar-refractivity contribution in [2.75, 3.05) is 12.4 Å². The van der Waals surface area contributed by atoms with Crippen LogP contribution in [0.15, 0.2) is 53.3 Å². The van der Waals surface area contributed by atoms with E-state index in [1.165, 1.54) is 31.4 Å². The van der Waals surface area contributed by atoms with E-state index in [1.807, 2.05) is 0 Å². The Hall–Kier alpha value is -3.93. The highest BCUT2D eigenvalue weighted by molar-refractivity contribution is 7.71. The first-order valence-corrected chi connectivity index (χ1v) is 10.2. The Kier molecular flexibility index (Phi) is 5.56. The Balaban J connectivity index is 1.99. The first-order valence-electron chi connectivity index (χ1n) is 9.82. The molecule has 0 unspecified atom stereocenters. The Labute approximate surface area is 195 Å². The van der Waals surface area contributed by atoms with E-state index in [0.29, 0.717) is 5.69 Å². The van der Waals surface area contributed by atoms with Gasteiger partial charge in [0.2, 0.25) is 0 Å². The molecule has 0 bridgehead atoms. The van der Waals surface area contributed by atoms with Crippen molar-refractivity contribution in [2.45, 2.75) is 18.6 Å². The lowest BCUT2D eigenvalue weighted by atomic mass is 9.91. The van der Waals surface area contributed by atoms with Crippen LogP contribution in [-0.4, -0.2) is 34.7 Å². The summed E-state index contributed by atoms with van der Waals surface area (Å²) in [4.78, 5) is 40.9. The maximum atomic E-state index is 14.6. The number of rotatable bonds is 4. The summed E-state index contributed by atoms with van der Waals surface area (Å²) in [6.07, 6.45) is -5.39. The lowest BCUT2D eigenvalue weighted by Crippen LogP contribution is -2.61. The quantitative estimate of drug-likeness (QED) is 0.487. The molecule has 2 aromatic carbocycles. The second-order valence-electron chi connectivity index (χ2n) is 7.51. The first-order chi connectivity index (χ1) is 16.0. The standard InChI is InChI=1S/C22H17F3N4O4S/c1-11-6-5-7-12(10-11)29-16-15(18(31)27-20(29)34)21(19(32)26-16,22(23,24)25)28-17(30)13-8-3-4-9-14(13)33-2/h3-10H,1-2H3,(H,26,32)(H,28,30)(H,27,31,34)/t21-/m1/s1. The van der Waals surface area contributed by atoms with Crippen LogP contribution in [0.5, 0.6) is 5.75 Å². The molecule has 0 saturated heterocycles. The largest absolute Gasteiger partial charge is 0.496 e. The highest BCUT2D eigenvalue weighted by atomic mass is 32.1. The Morgan fingerprint density at radius 1 is 1.15 bits per heavy atom. The number of carbonyl (C=O) groups is 2. The summed E-state index contributed by atoms with van der Waals surface area (Å²) in [7, 11) is 1.24. The number of fused-ring (bicyclic) bond motifs is 1. The van der Waals surface area contributed by atoms with E-state index in [9.17, 15) is 27.6 Å². The lowest BCUT2D eigenvalue weighted by molar-refractivity contribution is -0.196. The van der Waals surface area contributed by atoms with Gasteiger partial charge < -0.3 is 15.4 Å². The zero-order chi connectivity index (χ0) is 24.8. The van der Waals surface area contributed by atoms with Crippen LogP contribution in [0.2, 0.25) is 0 Å². The molecule has 2 amide bonds. The van der Waals surface area contributed by atoms with Crippen LogP contribution in [0.1, 0.15) is 21.5 Å². The third-order valence-electron chi connectivity index (χ3n) is 5.40. The molecule has 0 spiro atoms. The lowest BCUT2D eigenvalue weighted by Gasteiger charge is -2.30. The van der Waals surface area contributed by atoms with Crippen molar-refractivity contribution in [2.24, 2.45) is 0 Å². The van der Waals surface area contributed by atoms with Gasteiger partial charge in [-0.2, -0.15) is 13.2 Å². The summed E-state index contributed by atoms with van der Waals surface area (Å²) in [6, 6.07) is 12.1. The van der Waals surface area contributed by atoms with Crippen LogP contribution >= 0.6 is 12.2 Å². The van der Waals surface area contributed by atoms with Gasteiger partial charge in [-0.15, -0.1) is 0 Å². The molecular weight excluding hydrogens is 473 g/mol. The normalized spacial score (nSPS) is 17.1. The minimum absolute atomic E-state index is 0.0133. The van der Waals surface area contributed by atoms with Crippen LogP contribution in [0.3, 0.4) is 0 Å². The molecular formula is C22H17F3N4O4S. The number of nitrogens with one attached hydrogen (secondary N) is 3. The summed E-state index contributed by atoms with van der Waals surface area (Å²) < 4.78 is 49.7. The number of nitrogens with zero attached hydrogens (tertiary/aromatic N) is 1. The molecule has 0 radical (unpaired) electrons. The number of hydrogen-bond donors (Lipinski definition) is 3. The van der Waals surface area contributed by atoms with Crippen LogP contribution in [0.25, 0.3) is 5.69 Å². The fourth-order valence-corrected chi connectivity index (χ4v) is 4.15. The highest BCUT2D eigenvalue weighted by Gasteiger charge is 2.68. The van der Waals surface area contributed by atoms with E-state index in [1.54, 1.807) is 36.5 Å². The van der Waals surface area contributed by atoms with E-state index in [4.69, 9.17) is 17.0 Å². The van der Waals surface area contributed by atoms with Crippen LogP contribution < -0.4 is 20.9 Å². The summed E-state index contributed by atoms with van der Waals surface area (Å²) in [5.41, 5.74) is -5.15. The average Bonchev–Trinajstić information content (AvgIpc) is 3.06. The summed E-state index contributed by atoms with van der Waals surface area (Å²) in [5.74, 6) is -3.41. The van der Waals surface area contributed by atoms with Gasteiger partial charge in [0.05, 0.1) is 18.4 Å². The smallest absolute Gasteiger partial charge is 0.425 e. The van der Waals surface area contributed by atoms with Gasteiger partial charge in [-0.3, -0.25) is 23.9 Å². The number of methoxy groups -OCH3 is 1. The fourth-order valence-electron chi connectivity index (χ4n) is 3.86. The van der Waals surface area contributed by atoms with Crippen molar-refractivity contribution >= 4 is 29.9 Å². The number of alkyl halides is 3. The van der Waals surface area contributed by atoms with Crippen LogP contribution in [0.4, 0.5) is 19.0 Å². The van der Waals surface area contributed by atoms with Crippen molar-refractivity contribution in [1.82, 2.24) is 14.9 Å². The molecule has 2 heterocycles. The Morgan fingerprint density at radius 3 is 2.50 bits per heavy atom. The number of benzene rings is 2. The number of anilines is 1. The van der Waals surface area contributed by atoms with Gasteiger partial charge >= 0.3 is 6.18 Å². The number of amides is 2. The molecule has 176 valence electrons. The molecule has 1 aliphatic rings. The zero-order valence-corrected chi connectivity index (χ0v) is 18.6. The number of H-pyrrole nitrogens is 1. The molecule has 0 fully saturated rings. The summed E-state index contributed by atoms with van der Waals surface area (Å²) in [5, 5.41) is 3.88. The van der Waals surface area contributed by atoms with Gasteiger partial charge in [0.15, 0.2) is 4.77 Å². The molecule has 3 N–H and O–H groups in total. The maximum Gasteiger partial charge on any atom is 0.425 e. The van der Waals surface area contributed by atoms with E-state index in [2.05, 4.69) is 10.3 Å².